The Labute approximate surface area is 76.7 Å². The number of hydrogen-bond donors (Lipinski definition) is 0. The average molecular weight is 166 g/mol. The van der Waals surface area contributed by atoms with Gasteiger partial charge < -0.3 is 0 Å². The van der Waals surface area contributed by atoms with Crippen molar-refractivity contribution in [3.63, 3.8) is 0 Å². The topological polar surface area (TPSA) is 0 Å². The molecule has 2 fully saturated rings. The standard InChI is InChI=1S/C12H22/c1-10-6-5-7-11(10)12(2)8-3-4-9-12/h10-11H,3-9H2,1-2H3. The fraction of sp³-hybridized carbons (Fsp3) is 1.00. The molecule has 2 saturated carbocycles. The zero-order valence-electron chi connectivity index (χ0n) is 8.60. The Morgan fingerprint density at radius 3 is 2.17 bits per heavy atom. The molecule has 2 atom stereocenters. The van der Waals surface area contributed by atoms with Crippen molar-refractivity contribution < 1.29 is 0 Å². The van der Waals surface area contributed by atoms with E-state index in [0.29, 0.717) is 0 Å². The maximum absolute atomic E-state index is 2.55. The molecule has 0 nitrogen and oxygen atoms in total. The van der Waals surface area contributed by atoms with Crippen molar-refractivity contribution in [2.75, 3.05) is 0 Å². The third-order valence-corrected chi connectivity index (χ3v) is 4.50. The molecule has 2 rings (SSSR count). The smallest absolute Gasteiger partial charge is 0.0295 e. The molecule has 0 aromatic carbocycles. The Morgan fingerprint density at radius 1 is 1.00 bits per heavy atom. The largest absolute Gasteiger partial charge is 0.0622 e. The third-order valence-electron chi connectivity index (χ3n) is 4.50. The summed E-state index contributed by atoms with van der Waals surface area (Å²) in [7, 11) is 0. The summed E-state index contributed by atoms with van der Waals surface area (Å²) < 4.78 is 0. The fourth-order valence-electron chi connectivity index (χ4n) is 3.73. The van der Waals surface area contributed by atoms with Crippen molar-refractivity contribution in [2.24, 2.45) is 17.3 Å². The van der Waals surface area contributed by atoms with Gasteiger partial charge in [0.2, 0.25) is 0 Å². The van der Waals surface area contributed by atoms with E-state index in [1.807, 2.05) is 0 Å². The van der Waals surface area contributed by atoms with E-state index in [9.17, 15) is 0 Å². The quantitative estimate of drug-likeness (QED) is 0.552. The Bertz CT molecular complexity index is 153. The van der Waals surface area contributed by atoms with Gasteiger partial charge in [0, 0.05) is 0 Å². The van der Waals surface area contributed by atoms with Crippen molar-refractivity contribution in [2.45, 2.75) is 58.8 Å². The highest BCUT2D eigenvalue weighted by molar-refractivity contribution is 4.91. The maximum Gasteiger partial charge on any atom is -0.0295 e. The molecular formula is C12H22. The second-order valence-electron chi connectivity index (χ2n) is 5.38. The summed E-state index contributed by atoms with van der Waals surface area (Å²) in [6.07, 6.45) is 10.6. The normalized spacial score (nSPS) is 40.5. The molecule has 0 bridgehead atoms. The summed E-state index contributed by atoms with van der Waals surface area (Å²) in [5.74, 6) is 2.09. The van der Waals surface area contributed by atoms with Crippen LogP contribution in [0.3, 0.4) is 0 Å². The molecule has 0 heterocycles. The Balaban J connectivity index is 2.06. The van der Waals surface area contributed by atoms with Crippen molar-refractivity contribution in [1.82, 2.24) is 0 Å². The van der Waals surface area contributed by atoms with Gasteiger partial charge in [-0.15, -0.1) is 0 Å². The van der Waals surface area contributed by atoms with Crippen LogP contribution in [0.5, 0.6) is 0 Å². The van der Waals surface area contributed by atoms with Crippen LogP contribution in [-0.2, 0) is 0 Å². The van der Waals surface area contributed by atoms with Gasteiger partial charge >= 0.3 is 0 Å². The van der Waals surface area contributed by atoms with Crippen LogP contribution < -0.4 is 0 Å². The van der Waals surface area contributed by atoms with Crippen LogP contribution >= 0.6 is 0 Å². The average Bonchev–Trinajstić information content (AvgIpc) is 2.59. The van der Waals surface area contributed by atoms with E-state index >= 15 is 0 Å². The lowest BCUT2D eigenvalue weighted by molar-refractivity contribution is 0.156. The number of rotatable bonds is 1. The molecule has 2 aliphatic rings. The zero-order chi connectivity index (χ0) is 8.60. The van der Waals surface area contributed by atoms with Gasteiger partial charge in [0.25, 0.3) is 0 Å². The van der Waals surface area contributed by atoms with Crippen LogP contribution in [0.1, 0.15) is 58.8 Å². The summed E-state index contributed by atoms with van der Waals surface area (Å²) in [5, 5.41) is 0. The second kappa shape index (κ2) is 3.05. The highest BCUT2D eigenvalue weighted by atomic mass is 14.5. The Kier molecular flexibility index (Phi) is 2.18. The summed E-state index contributed by atoms with van der Waals surface area (Å²) in [6, 6.07) is 0. The van der Waals surface area contributed by atoms with Gasteiger partial charge in [0.1, 0.15) is 0 Å². The Morgan fingerprint density at radius 2 is 1.67 bits per heavy atom. The molecule has 0 aromatic heterocycles. The number of hydrogen-bond acceptors (Lipinski definition) is 0. The lowest BCUT2D eigenvalue weighted by Gasteiger charge is -2.34. The van der Waals surface area contributed by atoms with Crippen LogP contribution in [0.15, 0.2) is 0 Å². The molecule has 0 aliphatic heterocycles. The van der Waals surface area contributed by atoms with Crippen LogP contribution in [-0.4, -0.2) is 0 Å². The lowest BCUT2D eigenvalue weighted by atomic mass is 9.71. The molecule has 0 amide bonds. The molecule has 0 saturated heterocycles. The van der Waals surface area contributed by atoms with E-state index in [2.05, 4.69) is 13.8 Å². The van der Waals surface area contributed by atoms with Gasteiger partial charge in [0.15, 0.2) is 0 Å². The molecule has 2 aliphatic carbocycles. The molecule has 2 unspecified atom stereocenters. The maximum atomic E-state index is 2.55. The van der Waals surface area contributed by atoms with Gasteiger partial charge in [-0.1, -0.05) is 39.5 Å². The molecule has 0 aromatic rings. The van der Waals surface area contributed by atoms with E-state index in [-0.39, 0.29) is 0 Å². The molecule has 0 N–H and O–H groups in total. The summed E-state index contributed by atoms with van der Waals surface area (Å²) >= 11 is 0. The summed E-state index contributed by atoms with van der Waals surface area (Å²) in [4.78, 5) is 0. The van der Waals surface area contributed by atoms with E-state index in [4.69, 9.17) is 0 Å². The monoisotopic (exact) mass is 166 g/mol. The molecule has 0 radical (unpaired) electrons. The van der Waals surface area contributed by atoms with E-state index in [1.165, 1.54) is 44.9 Å². The summed E-state index contributed by atoms with van der Waals surface area (Å²) in [5.41, 5.74) is 0.746. The van der Waals surface area contributed by atoms with E-state index in [0.717, 1.165) is 17.3 Å². The van der Waals surface area contributed by atoms with Crippen LogP contribution in [0.4, 0.5) is 0 Å². The first-order valence-corrected chi connectivity index (χ1v) is 5.72. The summed E-state index contributed by atoms with van der Waals surface area (Å²) in [6.45, 7) is 5.02. The highest BCUT2D eigenvalue weighted by Crippen LogP contribution is 2.52. The van der Waals surface area contributed by atoms with Crippen molar-refractivity contribution in [3.8, 4) is 0 Å². The second-order valence-corrected chi connectivity index (χ2v) is 5.38. The molecule has 70 valence electrons. The predicted molar refractivity (Wildman–Crippen MR) is 53.1 cm³/mol. The van der Waals surface area contributed by atoms with Crippen molar-refractivity contribution in [3.05, 3.63) is 0 Å². The van der Waals surface area contributed by atoms with Crippen LogP contribution in [0, 0.1) is 17.3 Å². The van der Waals surface area contributed by atoms with Gasteiger partial charge in [0.05, 0.1) is 0 Å². The molecular weight excluding hydrogens is 144 g/mol. The SMILES string of the molecule is CC1CCCC1C1(C)CCCC1. The minimum atomic E-state index is 0.746. The van der Waals surface area contributed by atoms with E-state index < -0.39 is 0 Å². The first-order chi connectivity index (χ1) is 5.72. The van der Waals surface area contributed by atoms with Crippen LogP contribution in [0.25, 0.3) is 0 Å². The van der Waals surface area contributed by atoms with Crippen LogP contribution in [0.2, 0.25) is 0 Å². The molecule has 12 heavy (non-hydrogen) atoms. The Hall–Kier alpha value is 0. The van der Waals surface area contributed by atoms with Gasteiger partial charge in [-0.25, -0.2) is 0 Å². The van der Waals surface area contributed by atoms with Crippen molar-refractivity contribution >= 4 is 0 Å². The molecule has 0 heteroatoms. The first-order valence-electron chi connectivity index (χ1n) is 5.72. The highest BCUT2D eigenvalue weighted by Gasteiger charge is 2.41. The zero-order valence-corrected chi connectivity index (χ0v) is 8.60. The van der Waals surface area contributed by atoms with E-state index in [1.54, 1.807) is 0 Å². The van der Waals surface area contributed by atoms with Gasteiger partial charge in [-0.05, 0) is 36.5 Å². The first kappa shape index (κ1) is 8.59. The lowest BCUT2D eigenvalue weighted by Crippen LogP contribution is -2.25. The molecule has 0 spiro atoms. The minimum Gasteiger partial charge on any atom is -0.0622 e. The predicted octanol–water partition coefficient (Wildman–Crippen LogP) is 4.00. The van der Waals surface area contributed by atoms with Gasteiger partial charge in [-0.2, -0.15) is 0 Å². The minimum absolute atomic E-state index is 0.746. The van der Waals surface area contributed by atoms with Crippen molar-refractivity contribution in [1.29, 1.82) is 0 Å². The van der Waals surface area contributed by atoms with Gasteiger partial charge in [-0.3, -0.25) is 0 Å². The fourth-order valence-corrected chi connectivity index (χ4v) is 3.73. The third kappa shape index (κ3) is 1.30.